The first-order valence-corrected chi connectivity index (χ1v) is 13.8. The summed E-state index contributed by atoms with van der Waals surface area (Å²) in [5.41, 5.74) is 3.02. The van der Waals surface area contributed by atoms with Crippen LogP contribution in [0.5, 0.6) is 0 Å². The molecule has 2 N–H and O–H groups in total. The van der Waals surface area contributed by atoms with Crippen LogP contribution < -0.4 is 0 Å². The Morgan fingerprint density at radius 2 is 0.952 bits per heavy atom. The second-order valence-corrected chi connectivity index (χ2v) is 9.95. The largest absolute Gasteiger partial charge is 0.481 e. The molecule has 10 nitrogen and oxygen atoms in total. The van der Waals surface area contributed by atoms with Gasteiger partial charge in [0, 0.05) is 37.1 Å². The SMILES string of the molecule is O=C(O)CC1=C(Cc2ccccc2)C(=O)OC1=NCCCCCC/N=C1\OC(=O)C(Cc2ccccc2)=C1CC(=O)O. The zero-order valence-corrected chi connectivity index (χ0v) is 23.1. The molecular weight excluding hydrogens is 540 g/mol. The van der Waals surface area contributed by atoms with Gasteiger partial charge in [0.1, 0.15) is 0 Å². The molecule has 42 heavy (non-hydrogen) atoms. The Labute approximate surface area is 243 Å². The summed E-state index contributed by atoms with van der Waals surface area (Å²) in [7, 11) is 0. The van der Waals surface area contributed by atoms with E-state index >= 15 is 0 Å². The average Bonchev–Trinajstić information content (AvgIpc) is 3.40. The first-order chi connectivity index (χ1) is 20.3. The van der Waals surface area contributed by atoms with E-state index in [1.807, 2.05) is 60.7 Å². The highest BCUT2D eigenvalue weighted by molar-refractivity contribution is 6.17. The molecule has 0 fully saturated rings. The van der Waals surface area contributed by atoms with Gasteiger partial charge < -0.3 is 19.7 Å². The molecule has 0 aliphatic carbocycles. The van der Waals surface area contributed by atoms with Crippen molar-refractivity contribution in [2.45, 2.75) is 51.4 Å². The Hall–Kier alpha value is -4.86. The Morgan fingerprint density at radius 1 is 0.571 bits per heavy atom. The van der Waals surface area contributed by atoms with Crippen LogP contribution in [0.1, 0.15) is 49.7 Å². The van der Waals surface area contributed by atoms with Crippen molar-refractivity contribution < 1.29 is 38.9 Å². The van der Waals surface area contributed by atoms with Gasteiger partial charge in [-0.2, -0.15) is 0 Å². The molecule has 10 heteroatoms. The fourth-order valence-corrected chi connectivity index (χ4v) is 4.75. The first-order valence-electron chi connectivity index (χ1n) is 13.8. The molecule has 0 unspecified atom stereocenters. The van der Waals surface area contributed by atoms with Crippen LogP contribution in [0.25, 0.3) is 0 Å². The molecule has 2 aliphatic rings. The van der Waals surface area contributed by atoms with Crippen molar-refractivity contribution >= 4 is 35.7 Å². The molecule has 0 bridgehead atoms. The molecule has 4 rings (SSSR count). The van der Waals surface area contributed by atoms with Gasteiger partial charge in [0.05, 0.1) is 24.0 Å². The minimum Gasteiger partial charge on any atom is -0.481 e. The van der Waals surface area contributed by atoms with E-state index < -0.39 is 23.9 Å². The topological polar surface area (TPSA) is 152 Å². The van der Waals surface area contributed by atoms with Crippen LogP contribution in [-0.4, -0.2) is 59.0 Å². The van der Waals surface area contributed by atoms with E-state index in [9.17, 15) is 29.4 Å². The van der Waals surface area contributed by atoms with Crippen molar-refractivity contribution in [1.29, 1.82) is 0 Å². The molecule has 2 heterocycles. The maximum atomic E-state index is 12.5. The summed E-state index contributed by atoms with van der Waals surface area (Å²) in [6.07, 6.45) is 2.82. The lowest BCUT2D eigenvalue weighted by atomic mass is 9.99. The number of carboxylic acids is 2. The fourth-order valence-electron chi connectivity index (χ4n) is 4.75. The van der Waals surface area contributed by atoms with E-state index in [0.29, 0.717) is 48.2 Å². The smallest absolute Gasteiger partial charge is 0.341 e. The minimum absolute atomic E-state index is 0.0758. The van der Waals surface area contributed by atoms with Gasteiger partial charge in [-0.25, -0.2) is 9.59 Å². The number of esters is 2. The summed E-state index contributed by atoms with van der Waals surface area (Å²) < 4.78 is 10.6. The fraction of sp³-hybridized carbons (Fsp3) is 0.312. The molecule has 0 radical (unpaired) electrons. The third kappa shape index (κ3) is 8.33. The summed E-state index contributed by atoms with van der Waals surface area (Å²) in [6.45, 7) is 0.732. The van der Waals surface area contributed by atoms with Crippen LogP contribution in [0, 0.1) is 0 Å². The number of rotatable bonds is 15. The number of carbonyl (C=O) groups is 4. The van der Waals surface area contributed by atoms with Crippen LogP contribution in [-0.2, 0) is 41.5 Å². The molecule has 218 valence electrons. The first kappa shape index (κ1) is 30.1. The normalized spacial score (nSPS) is 16.9. The van der Waals surface area contributed by atoms with Crippen LogP contribution in [0.2, 0.25) is 0 Å². The Balaban J connectivity index is 1.29. The van der Waals surface area contributed by atoms with Crippen LogP contribution in [0.15, 0.2) is 92.9 Å². The van der Waals surface area contributed by atoms with Crippen molar-refractivity contribution in [2.24, 2.45) is 9.98 Å². The van der Waals surface area contributed by atoms with E-state index in [1.54, 1.807) is 0 Å². The molecule has 0 saturated heterocycles. The predicted molar refractivity (Wildman–Crippen MR) is 154 cm³/mol. The Morgan fingerprint density at radius 3 is 1.31 bits per heavy atom. The van der Waals surface area contributed by atoms with Crippen molar-refractivity contribution in [3.63, 3.8) is 0 Å². The zero-order chi connectivity index (χ0) is 29.9. The van der Waals surface area contributed by atoms with Gasteiger partial charge in [-0.3, -0.25) is 19.6 Å². The number of nitrogens with zero attached hydrogens (tertiary/aromatic N) is 2. The number of cyclic esters (lactones) is 2. The van der Waals surface area contributed by atoms with Gasteiger partial charge in [-0.05, 0) is 24.0 Å². The summed E-state index contributed by atoms with van der Waals surface area (Å²) in [6, 6.07) is 18.6. The summed E-state index contributed by atoms with van der Waals surface area (Å²) in [5, 5.41) is 18.7. The summed E-state index contributed by atoms with van der Waals surface area (Å²) in [4.78, 5) is 56.6. The van der Waals surface area contributed by atoms with Gasteiger partial charge in [0.2, 0.25) is 11.8 Å². The lowest BCUT2D eigenvalue weighted by Gasteiger charge is -2.04. The van der Waals surface area contributed by atoms with E-state index in [4.69, 9.17) is 9.47 Å². The number of hydrogen-bond donors (Lipinski definition) is 2. The van der Waals surface area contributed by atoms with Crippen LogP contribution in [0.3, 0.4) is 0 Å². The molecule has 2 aromatic rings. The number of unbranched alkanes of at least 4 members (excludes halogenated alkanes) is 3. The van der Waals surface area contributed by atoms with Crippen molar-refractivity contribution in [2.75, 3.05) is 13.1 Å². The van der Waals surface area contributed by atoms with Crippen LogP contribution in [0.4, 0.5) is 0 Å². The Kier molecular flexibility index (Phi) is 10.5. The number of aliphatic imine (C=N–C) groups is 2. The van der Waals surface area contributed by atoms with Gasteiger partial charge in [-0.15, -0.1) is 0 Å². The number of benzene rings is 2. The van der Waals surface area contributed by atoms with E-state index in [0.717, 1.165) is 24.0 Å². The van der Waals surface area contributed by atoms with Crippen molar-refractivity contribution in [1.82, 2.24) is 0 Å². The van der Waals surface area contributed by atoms with Gasteiger partial charge in [0.25, 0.3) is 0 Å². The molecular formula is C32H32N2O8. The second-order valence-electron chi connectivity index (χ2n) is 9.95. The quantitative estimate of drug-likeness (QED) is 0.234. The standard InChI is InChI=1S/C32H32N2O8/c35-27(36)19-23-25(17-21-11-5-3-6-12-21)31(39)41-29(23)33-15-9-1-2-10-16-34-30-24(20-28(37)38)26(32(40)42-30)18-22-13-7-4-8-14-22/h3-8,11-14H,1-2,9-10,15-20H2,(H,35,36)(H,37,38)/b33-29-,34-30?. The zero-order valence-electron chi connectivity index (χ0n) is 23.1. The van der Waals surface area contributed by atoms with Crippen molar-refractivity contribution in [3.8, 4) is 0 Å². The maximum absolute atomic E-state index is 12.5. The highest BCUT2D eigenvalue weighted by atomic mass is 16.6. The Bertz CT molecular complexity index is 1340. The number of aliphatic carboxylic acids is 2. The predicted octanol–water partition coefficient (Wildman–Crippen LogP) is 4.49. The monoisotopic (exact) mass is 572 g/mol. The molecule has 0 atom stereocenters. The van der Waals surface area contributed by atoms with Gasteiger partial charge in [-0.1, -0.05) is 73.5 Å². The van der Waals surface area contributed by atoms with Crippen molar-refractivity contribution in [3.05, 3.63) is 94.1 Å². The molecule has 2 aliphatic heterocycles. The number of carboxylic acid groups (broad SMARTS) is 2. The minimum atomic E-state index is -1.07. The number of hydrogen-bond acceptors (Lipinski definition) is 8. The third-order valence-corrected chi connectivity index (χ3v) is 6.80. The lowest BCUT2D eigenvalue weighted by Crippen LogP contribution is -2.08. The second kappa shape index (κ2) is 14.7. The van der Waals surface area contributed by atoms with E-state index in [1.165, 1.54) is 0 Å². The highest BCUT2D eigenvalue weighted by Gasteiger charge is 2.33. The van der Waals surface area contributed by atoms with Gasteiger partial charge >= 0.3 is 23.9 Å². The molecule has 0 aromatic heterocycles. The lowest BCUT2D eigenvalue weighted by molar-refractivity contribution is -0.137. The van der Waals surface area contributed by atoms with E-state index in [2.05, 4.69) is 9.98 Å². The molecule has 2 aromatic carbocycles. The number of carbonyl (C=O) groups excluding carboxylic acids is 2. The number of ether oxygens (including phenoxy) is 2. The summed E-state index contributed by atoms with van der Waals surface area (Å²) >= 11 is 0. The molecule has 0 spiro atoms. The third-order valence-electron chi connectivity index (χ3n) is 6.80. The molecule has 0 saturated carbocycles. The highest BCUT2D eigenvalue weighted by Crippen LogP contribution is 2.27. The van der Waals surface area contributed by atoms with Gasteiger partial charge in [0.15, 0.2) is 0 Å². The van der Waals surface area contributed by atoms with Crippen LogP contribution >= 0.6 is 0 Å². The maximum Gasteiger partial charge on any atom is 0.341 e. The molecule has 0 amide bonds. The summed E-state index contributed by atoms with van der Waals surface area (Å²) in [5.74, 6) is -3.11. The van der Waals surface area contributed by atoms with E-state index in [-0.39, 0.29) is 37.5 Å². The average molecular weight is 573 g/mol.